The summed E-state index contributed by atoms with van der Waals surface area (Å²) in [7, 11) is 0. The molecule has 1 unspecified atom stereocenters. The molecule has 5 heteroatoms. The zero-order chi connectivity index (χ0) is 14.0. The van der Waals surface area contributed by atoms with E-state index in [9.17, 15) is 4.79 Å². The molecule has 1 saturated carbocycles. The molecule has 2 heterocycles. The van der Waals surface area contributed by atoms with Crippen LogP contribution in [0.2, 0.25) is 0 Å². The van der Waals surface area contributed by atoms with Crippen molar-refractivity contribution in [1.29, 1.82) is 0 Å². The maximum Gasteiger partial charge on any atom is 0.262 e. The highest BCUT2D eigenvalue weighted by molar-refractivity contribution is 9.10. The number of hydrogen-bond donors (Lipinski definition) is 2. The van der Waals surface area contributed by atoms with Gasteiger partial charge in [0.1, 0.15) is 4.88 Å². The van der Waals surface area contributed by atoms with Gasteiger partial charge in [-0.3, -0.25) is 4.79 Å². The summed E-state index contributed by atoms with van der Waals surface area (Å²) in [4.78, 5) is 13.1. The topological polar surface area (TPSA) is 41.1 Å². The van der Waals surface area contributed by atoms with Crippen molar-refractivity contribution in [2.45, 2.75) is 56.5 Å². The van der Waals surface area contributed by atoms with Crippen LogP contribution in [-0.2, 0) is 0 Å². The van der Waals surface area contributed by atoms with Gasteiger partial charge in [-0.15, -0.1) is 11.3 Å². The Bertz CT molecular complexity index is 476. The lowest BCUT2D eigenvalue weighted by atomic mass is 9.75. The second kappa shape index (κ2) is 6.16. The van der Waals surface area contributed by atoms with Crippen molar-refractivity contribution >= 4 is 33.2 Å². The number of halogens is 1. The standard InChI is InChI=1S/C15H21BrN2OS/c16-12-5-9-20-13(12)14(19)18-11-4-8-17-15(10-11)6-2-1-3-7-15/h5,9,11,17H,1-4,6-8,10H2,(H,18,19). The van der Waals surface area contributed by atoms with Gasteiger partial charge in [-0.25, -0.2) is 0 Å². The summed E-state index contributed by atoms with van der Waals surface area (Å²) in [5, 5.41) is 8.91. The third-order valence-corrected chi connectivity index (χ3v) is 6.44. The van der Waals surface area contributed by atoms with Crippen LogP contribution in [0.4, 0.5) is 0 Å². The van der Waals surface area contributed by atoms with Crippen molar-refractivity contribution in [2.75, 3.05) is 6.54 Å². The van der Waals surface area contributed by atoms with E-state index in [-0.39, 0.29) is 5.91 Å². The first kappa shape index (κ1) is 14.5. The Hall–Kier alpha value is -0.390. The molecule has 2 N–H and O–H groups in total. The molecule has 0 radical (unpaired) electrons. The van der Waals surface area contributed by atoms with Crippen LogP contribution in [0.15, 0.2) is 15.9 Å². The summed E-state index contributed by atoms with van der Waals surface area (Å²) in [6, 6.07) is 2.25. The van der Waals surface area contributed by atoms with Gasteiger partial charge < -0.3 is 10.6 Å². The lowest BCUT2D eigenvalue weighted by Crippen LogP contribution is -2.57. The fourth-order valence-electron chi connectivity index (χ4n) is 3.60. The predicted molar refractivity (Wildman–Crippen MR) is 86.3 cm³/mol. The van der Waals surface area contributed by atoms with Gasteiger partial charge >= 0.3 is 0 Å². The molecule has 1 spiro atoms. The smallest absolute Gasteiger partial charge is 0.262 e. The molecule has 1 aromatic heterocycles. The molecule has 3 nitrogen and oxygen atoms in total. The maximum absolute atomic E-state index is 12.3. The fourth-order valence-corrected chi connectivity index (χ4v) is 5.05. The van der Waals surface area contributed by atoms with Crippen LogP contribution in [0.1, 0.15) is 54.6 Å². The molecule has 1 aromatic rings. The lowest BCUT2D eigenvalue weighted by Gasteiger charge is -2.44. The van der Waals surface area contributed by atoms with E-state index >= 15 is 0 Å². The van der Waals surface area contributed by atoms with Gasteiger partial charge in [0.25, 0.3) is 5.91 Å². The second-order valence-corrected chi connectivity index (χ2v) is 7.80. The van der Waals surface area contributed by atoms with Crippen LogP contribution in [0.3, 0.4) is 0 Å². The van der Waals surface area contributed by atoms with E-state index in [2.05, 4.69) is 26.6 Å². The quantitative estimate of drug-likeness (QED) is 0.848. The van der Waals surface area contributed by atoms with E-state index in [0.29, 0.717) is 11.6 Å². The van der Waals surface area contributed by atoms with Gasteiger partial charge in [0.2, 0.25) is 0 Å². The van der Waals surface area contributed by atoms with Crippen LogP contribution in [0, 0.1) is 0 Å². The zero-order valence-electron chi connectivity index (χ0n) is 11.6. The van der Waals surface area contributed by atoms with Gasteiger partial charge in [-0.05, 0) is 59.6 Å². The van der Waals surface area contributed by atoms with E-state index in [0.717, 1.165) is 28.7 Å². The summed E-state index contributed by atoms with van der Waals surface area (Å²) in [5.74, 6) is 0.0738. The minimum atomic E-state index is 0.0738. The molecule has 1 saturated heterocycles. The predicted octanol–water partition coefficient (Wildman–Crippen LogP) is 3.70. The number of carbonyl (C=O) groups is 1. The molecule has 2 aliphatic rings. The lowest BCUT2D eigenvalue weighted by molar-refractivity contribution is 0.0896. The highest BCUT2D eigenvalue weighted by atomic mass is 79.9. The van der Waals surface area contributed by atoms with E-state index in [4.69, 9.17) is 0 Å². The Morgan fingerprint density at radius 3 is 2.90 bits per heavy atom. The molecule has 2 fully saturated rings. The molecule has 0 bridgehead atoms. The summed E-state index contributed by atoms with van der Waals surface area (Å²) in [6.45, 7) is 1.02. The number of hydrogen-bond acceptors (Lipinski definition) is 3. The van der Waals surface area contributed by atoms with Crippen LogP contribution >= 0.6 is 27.3 Å². The Labute approximate surface area is 132 Å². The van der Waals surface area contributed by atoms with Gasteiger partial charge in [0.05, 0.1) is 0 Å². The summed E-state index contributed by atoms with van der Waals surface area (Å²) in [5.41, 5.74) is 0.293. The first-order chi connectivity index (χ1) is 9.69. The average molecular weight is 357 g/mol. The van der Waals surface area contributed by atoms with E-state index in [1.165, 1.54) is 43.4 Å². The number of thiophene rings is 1. The Morgan fingerprint density at radius 1 is 1.40 bits per heavy atom. The zero-order valence-corrected chi connectivity index (χ0v) is 14.0. The highest BCUT2D eigenvalue weighted by Gasteiger charge is 2.37. The van der Waals surface area contributed by atoms with Gasteiger partial charge in [0.15, 0.2) is 0 Å². The normalized spacial score (nSPS) is 25.6. The van der Waals surface area contributed by atoms with Crippen molar-refractivity contribution in [2.24, 2.45) is 0 Å². The summed E-state index contributed by atoms with van der Waals surface area (Å²) in [6.07, 6.45) is 8.67. The molecule has 1 aliphatic heterocycles. The van der Waals surface area contributed by atoms with Crippen LogP contribution < -0.4 is 10.6 Å². The molecule has 110 valence electrons. The van der Waals surface area contributed by atoms with Crippen LogP contribution in [0.5, 0.6) is 0 Å². The Morgan fingerprint density at radius 2 is 2.20 bits per heavy atom. The molecular weight excluding hydrogens is 336 g/mol. The second-order valence-electron chi connectivity index (χ2n) is 6.03. The summed E-state index contributed by atoms with van der Waals surface area (Å²) >= 11 is 4.94. The SMILES string of the molecule is O=C(NC1CCNC2(CCCCC2)C1)c1sccc1Br. The largest absolute Gasteiger partial charge is 0.348 e. The molecule has 1 atom stereocenters. The minimum Gasteiger partial charge on any atom is -0.348 e. The molecule has 0 aromatic carbocycles. The van der Waals surface area contributed by atoms with Gasteiger partial charge in [-0.2, -0.15) is 0 Å². The monoisotopic (exact) mass is 356 g/mol. The van der Waals surface area contributed by atoms with E-state index < -0.39 is 0 Å². The minimum absolute atomic E-state index is 0.0738. The third-order valence-electron chi connectivity index (χ3n) is 4.60. The van der Waals surface area contributed by atoms with E-state index in [1.807, 2.05) is 11.4 Å². The first-order valence-corrected chi connectivity index (χ1v) is 9.15. The van der Waals surface area contributed by atoms with Gasteiger partial charge in [-0.1, -0.05) is 19.3 Å². The highest BCUT2D eigenvalue weighted by Crippen LogP contribution is 2.35. The first-order valence-electron chi connectivity index (χ1n) is 7.47. The number of nitrogens with one attached hydrogen (secondary N) is 2. The molecule has 20 heavy (non-hydrogen) atoms. The van der Waals surface area contributed by atoms with Gasteiger partial charge in [0, 0.05) is 16.1 Å². The Balaban J connectivity index is 1.63. The molecular formula is C15H21BrN2OS. The van der Waals surface area contributed by atoms with Crippen molar-refractivity contribution in [3.63, 3.8) is 0 Å². The van der Waals surface area contributed by atoms with Crippen molar-refractivity contribution in [3.8, 4) is 0 Å². The average Bonchev–Trinajstić information content (AvgIpc) is 2.86. The van der Waals surface area contributed by atoms with E-state index in [1.54, 1.807) is 0 Å². The van der Waals surface area contributed by atoms with Crippen molar-refractivity contribution < 1.29 is 4.79 Å². The number of carbonyl (C=O) groups excluding carboxylic acids is 1. The molecule has 1 amide bonds. The molecule has 1 aliphatic carbocycles. The number of piperidine rings is 1. The maximum atomic E-state index is 12.3. The Kier molecular flexibility index (Phi) is 4.48. The number of amides is 1. The van der Waals surface area contributed by atoms with Crippen molar-refractivity contribution in [3.05, 3.63) is 20.8 Å². The van der Waals surface area contributed by atoms with Crippen molar-refractivity contribution in [1.82, 2.24) is 10.6 Å². The third kappa shape index (κ3) is 3.10. The fraction of sp³-hybridized carbons (Fsp3) is 0.667. The van der Waals surface area contributed by atoms with Crippen LogP contribution in [-0.4, -0.2) is 24.0 Å². The molecule has 3 rings (SSSR count). The number of rotatable bonds is 2. The van der Waals surface area contributed by atoms with Crippen LogP contribution in [0.25, 0.3) is 0 Å². The summed E-state index contributed by atoms with van der Waals surface area (Å²) < 4.78 is 0.904.